The first-order chi connectivity index (χ1) is 16.8. The number of benzene rings is 3. The third-order valence-electron chi connectivity index (χ3n) is 6.12. The van der Waals surface area contributed by atoms with Crippen molar-refractivity contribution in [2.75, 3.05) is 20.8 Å². The van der Waals surface area contributed by atoms with E-state index in [-0.39, 0.29) is 25.0 Å². The van der Waals surface area contributed by atoms with Crippen LogP contribution in [0.1, 0.15) is 27.8 Å². The maximum atomic E-state index is 13.6. The van der Waals surface area contributed by atoms with Crippen LogP contribution in [-0.2, 0) is 22.6 Å². The molecule has 0 unspecified atom stereocenters. The number of carbonyl (C=O) groups excluding carboxylic acids is 2. The van der Waals surface area contributed by atoms with E-state index in [2.05, 4.69) is 11.4 Å². The minimum absolute atomic E-state index is 0.171. The van der Waals surface area contributed by atoms with Gasteiger partial charge in [-0.15, -0.1) is 0 Å². The van der Waals surface area contributed by atoms with Crippen molar-refractivity contribution in [3.05, 3.63) is 94.5 Å². The number of likely N-dealkylation sites (N-methyl/N-ethyl adjacent to an activating group) is 1. The Morgan fingerprint density at radius 1 is 0.943 bits per heavy atom. The summed E-state index contributed by atoms with van der Waals surface area (Å²) in [6.07, 6.45) is 0.388. The minimum atomic E-state index is -0.704. The van der Waals surface area contributed by atoms with Crippen LogP contribution in [0.3, 0.4) is 0 Å². The van der Waals surface area contributed by atoms with Crippen LogP contribution >= 0.6 is 0 Å². The molecule has 1 N–H and O–H groups in total. The first-order valence-corrected chi connectivity index (χ1v) is 11.7. The number of hydrogen-bond donors (Lipinski definition) is 1. The molecule has 2 amide bonds. The highest BCUT2D eigenvalue weighted by molar-refractivity contribution is 5.88. The normalized spacial score (nSPS) is 11.5. The molecule has 0 saturated carbocycles. The Kier molecular flexibility index (Phi) is 8.90. The number of nitrogens with zero attached hydrogens (tertiary/aromatic N) is 1. The molecule has 1 atom stereocenters. The van der Waals surface area contributed by atoms with Crippen molar-refractivity contribution in [1.82, 2.24) is 10.2 Å². The Labute approximate surface area is 207 Å². The van der Waals surface area contributed by atoms with E-state index in [1.807, 2.05) is 81.4 Å². The first kappa shape index (κ1) is 25.8. The molecule has 0 spiro atoms. The summed E-state index contributed by atoms with van der Waals surface area (Å²) < 4.78 is 11.3. The van der Waals surface area contributed by atoms with E-state index in [1.54, 1.807) is 19.1 Å². The topological polar surface area (TPSA) is 67.9 Å². The molecule has 6 nitrogen and oxygen atoms in total. The van der Waals surface area contributed by atoms with E-state index in [4.69, 9.17) is 9.47 Å². The van der Waals surface area contributed by atoms with Crippen LogP contribution in [0, 0.1) is 20.8 Å². The molecule has 3 aromatic rings. The van der Waals surface area contributed by atoms with Gasteiger partial charge in [-0.05, 0) is 66.8 Å². The molecule has 184 valence electrons. The van der Waals surface area contributed by atoms with Crippen LogP contribution in [-0.4, -0.2) is 43.5 Å². The SMILES string of the molecule is CNC(=O)[C@H](Cc1ccccc1)N(Cc1cccc(OC)c1)C(=O)COc1cc(C)cc(C)c1C. The number of hydrogen-bond acceptors (Lipinski definition) is 4. The first-order valence-electron chi connectivity index (χ1n) is 11.7. The van der Waals surface area contributed by atoms with Gasteiger partial charge in [-0.2, -0.15) is 0 Å². The van der Waals surface area contributed by atoms with E-state index < -0.39 is 6.04 Å². The fraction of sp³-hybridized carbons (Fsp3) is 0.310. The zero-order valence-corrected chi connectivity index (χ0v) is 21.1. The van der Waals surface area contributed by atoms with E-state index in [0.29, 0.717) is 17.9 Å². The van der Waals surface area contributed by atoms with Crippen molar-refractivity contribution in [2.45, 2.75) is 39.8 Å². The number of ether oxygens (including phenoxy) is 2. The lowest BCUT2D eigenvalue weighted by atomic mass is 10.0. The van der Waals surface area contributed by atoms with Gasteiger partial charge in [0.15, 0.2) is 6.61 Å². The monoisotopic (exact) mass is 474 g/mol. The van der Waals surface area contributed by atoms with Gasteiger partial charge in [-0.1, -0.05) is 48.5 Å². The van der Waals surface area contributed by atoms with E-state index >= 15 is 0 Å². The van der Waals surface area contributed by atoms with Crippen molar-refractivity contribution in [2.24, 2.45) is 0 Å². The zero-order chi connectivity index (χ0) is 25.4. The zero-order valence-electron chi connectivity index (χ0n) is 21.1. The highest BCUT2D eigenvalue weighted by atomic mass is 16.5. The highest BCUT2D eigenvalue weighted by Gasteiger charge is 2.30. The van der Waals surface area contributed by atoms with Gasteiger partial charge in [0.05, 0.1) is 7.11 Å². The average Bonchev–Trinajstić information content (AvgIpc) is 2.87. The van der Waals surface area contributed by atoms with E-state index in [1.165, 1.54) is 0 Å². The lowest BCUT2D eigenvalue weighted by molar-refractivity contribution is -0.142. The Morgan fingerprint density at radius 3 is 2.34 bits per heavy atom. The predicted octanol–water partition coefficient (Wildman–Crippen LogP) is 4.39. The maximum absolute atomic E-state index is 13.6. The lowest BCUT2D eigenvalue weighted by Gasteiger charge is -2.31. The Balaban J connectivity index is 1.92. The minimum Gasteiger partial charge on any atom is -0.497 e. The summed E-state index contributed by atoms with van der Waals surface area (Å²) in [7, 11) is 3.19. The summed E-state index contributed by atoms with van der Waals surface area (Å²) in [4.78, 5) is 28.2. The summed E-state index contributed by atoms with van der Waals surface area (Å²) in [5, 5.41) is 2.73. The summed E-state index contributed by atoms with van der Waals surface area (Å²) in [6, 6.07) is 20.5. The molecule has 0 aliphatic rings. The molecule has 0 bridgehead atoms. The van der Waals surface area contributed by atoms with E-state index in [9.17, 15) is 9.59 Å². The molecule has 0 aliphatic heterocycles. The van der Waals surface area contributed by atoms with Gasteiger partial charge in [0.25, 0.3) is 5.91 Å². The largest absolute Gasteiger partial charge is 0.497 e. The quantitative estimate of drug-likeness (QED) is 0.473. The molecule has 0 heterocycles. The number of rotatable bonds is 10. The smallest absolute Gasteiger partial charge is 0.261 e. The van der Waals surface area contributed by atoms with Gasteiger partial charge in [-0.25, -0.2) is 0 Å². The number of amides is 2. The third kappa shape index (κ3) is 6.85. The van der Waals surface area contributed by atoms with Gasteiger partial charge in [-0.3, -0.25) is 9.59 Å². The van der Waals surface area contributed by atoms with Crippen molar-refractivity contribution >= 4 is 11.8 Å². The third-order valence-corrected chi connectivity index (χ3v) is 6.12. The molecular formula is C29H34N2O4. The Bertz CT molecular complexity index is 1160. The van der Waals surface area contributed by atoms with Crippen LogP contribution in [0.2, 0.25) is 0 Å². The Morgan fingerprint density at radius 2 is 1.66 bits per heavy atom. The molecule has 0 fully saturated rings. The number of aryl methyl sites for hydroxylation is 2. The molecule has 3 aromatic carbocycles. The molecule has 0 saturated heterocycles. The summed E-state index contributed by atoms with van der Waals surface area (Å²) in [6.45, 7) is 6.07. The highest BCUT2D eigenvalue weighted by Crippen LogP contribution is 2.24. The van der Waals surface area contributed by atoms with Crippen molar-refractivity contribution in [1.29, 1.82) is 0 Å². The van der Waals surface area contributed by atoms with Crippen LogP contribution < -0.4 is 14.8 Å². The van der Waals surface area contributed by atoms with Gasteiger partial charge < -0.3 is 19.7 Å². The molecular weight excluding hydrogens is 440 g/mol. The molecule has 35 heavy (non-hydrogen) atoms. The van der Waals surface area contributed by atoms with Gasteiger partial charge in [0, 0.05) is 20.0 Å². The van der Waals surface area contributed by atoms with Gasteiger partial charge in [0.2, 0.25) is 5.91 Å². The molecule has 3 rings (SSSR count). The van der Waals surface area contributed by atoms with Crippen molar-refractivity contribution < 1.29 is 19.1 Å². The summed E-state index contributed by atoms with van der Waals surface area (Å²) >= 11 is 0. The molecule has 0 radical (unpaired) electrons. The van der Waals surface area contributed by atoms with Crippen molar-refractivity contribution in [3.8, 4) is 11.5 Å². The Hall–Kier alpha value is -3.80. The molecule has 6 heteroatoms. The molecule has 0 aliphatic carbocycles. The van der Waals surface area contributed by atoms with Crippen LogP contribution in [0.15, 0.2) is 66.7 Å². The average molecular weight is 475 g/mol. The number of methoxy groups -OCH3 is 1. The van der Waals surface area contributed by atoms with Crippen LogP contribution in [0.4, 0.5) is 0 Å². The standard InChI is InChI=1S/C29H34N2O4/c1-20-14-21(2)22(3)27(15-20)35-19-28(32)31(18-24-12-9-13-25(16-24)34-5)26(29(33)30-4)17-23-10-7-6-8-11-23/h6-16,26H,17-19H2,1-5H3,(H,30,33)/t26-/m0/s1. The fourth-order valence-corrected chi connectivity index (χ4v) is 4.06. The predicted molar refractivity (Wildman–Crippen MR) is 138 cm³/mol. The maximum Gasteiger partial charge on any atom is 0.261 e. The molecule has 0 aromatic heterocycles. The lowest BCUT2D eigenvalue weighted by Crippen LogP contribution is -2.51. The number of nitrogens with one attached hydrogen (secondary N) is 1. The second-order valence-electron chi connectivity index (χ2n) is 8.69. The summed E-state index contributed by atoms with van der Waals surface area (Å²) in [5.41, 5.74) is 5.00. The summed E-state index contributed by atoms with van der Waals surface area (Å²) in [5.74, 6) is 0.872. The second kappa shape index (κ2) is 12.1. The van der Waals surface area contributed by atoms with Crippen LogP contribution in [0.5, 0.6) is 11.5 Å². The van der Waals surface area contributed by atoms with Gasteiger partial charge in [0.1, 0.15) is 17.5 Å². The van der Waals surface area contributed by atoms with Crippen LogP contribution in [0.25, 0.3) is 0 Å². The number of carbonyl (C=O) groups is 2. The van der Waals surface area contributed by atoms with E-state index in [0.717, 1.165) is 27.8 Å². The van der Waals surface area contributed by atoms with Gasteiger partial charge >= 0.3 is 0 Å². The fourth-order valence-electron chi connectivity index (χ4n) is 4.06. The van der Waals surface area contributed by atoms with Crippen molar-refractivity contribution in [3.63, 3.8) is 0 Å². The second-order valence-corrected chi connectivity index (χ2v) is 8.69.